The van der Waals surface area contributed by atoms with Crippen LogP contribution in [-0.2, 0) is 9.59 Å². The van der Waals surface area contributed by atoms with Gasteiger partial charge in [-0.05, 0) is 31.0 Å². The largest absolute Gasteiger partial charge is 0.341 e. The van der Waals surface area contributed by atoms with Crippen LogP contribution in [0.4, 0.5) is 5.69 Å². The smallest absolute Gasteiger partial charge is 0.299 e. The number of carbonyl (C=O) groups excluding carboxylic acids is 3. The van der Waals surface area contributed by atoms with Crippen LogP contribution in [0.25, 0.3) is 0 Å². The van der Waals surface area contributed by atoms with Crippen molar-refractivity contribution in [2.24, 2.45) is 0 Å². The molecule has 0 radical (unpaired) electrons. The Bertz CT molecular complexity index is 658. The molecule has 1 aromatic carbocycles. The predicted octanol–water partition coefficient (Wildman–Crippen LogP) is 0.473. The van der Waals surface area contributed by atoms with Crippen molar-refractivity contribution >= 4 is 23.3 Å². The Morgan fingerprint density at radius 2 is 2.05 bits per heavy atom. The van der Waals surface area contributed by atoms with E-state index in [1.54, 1.807) is 19.1 Å². The number of nitriles is 1. The van der Waals surface area contributed by atoms with Gasteiger partial charge in [-0.25, -0.2) is 0 Å². The average Bonchev–Trinajstić information content (AvgIpc) is 2.62. The lowest BCUT2D eigenvalue weighted by atomic mass is 10.0. The molecule has 0 aliphatic carbocycles. The monoisotopic (exact) mass is 271 g/mol. The molecule has 0 aromatic heterocycles. The lowest BCUT2D eigenvalue weighted by Crippen LogP contribution is -2.40. The van der Waals surface area contributed by atoms with Crippen molar-refractivity contribution < 1.29 is 14.4 Å². The van der Waals surface area contributed by atoms with Crippen molar-refractivity contribution in [3.8, 4) is 6.07 Å². The summed E-state index contributed by atoms with van der Waals surface area (Å²) in [5.41, 5.74) is 2.48. The standard InChI is InChI=1S/C14H13N3O3/c1-8-5-9(2)12-10(6-8)13(19)14(20)17(12)7-11(18)16-4-3-15/h5-6H,4,7H2,1-2H3,(H,16,18). The Morgan fingerprint density at radius 3 is 2.70 bits per heavy atom. The first-order chi connectivity index (χ1) is 9.45. The molecule has 2 rings (SSSR count). The van der Waals surface area contributed by atoms with E-state index in [1.807, 2.05) is 13.0 Å². The summed E-state index contributed by atoms with van der Waals surface area (Å²) in [6.07, 6.45) is 0. The maximum atomic E-state index is 12.0. The summed E-state index contributed by atoms with van der Waals surface area (Å²) >= 11 is 0. The first-order valence-electron chi connectivity index (χ1n) is 6.06. The zero-order valence-electron chi connectivity index (χ0n) is 11.2. The van der Waals surface area contributed by atoms with Gasteiger partial charge < -0.3 is 5.32 Å². The number of ketones is 1. The molecule has 1 heterocycles. The number of rotatable bonds is 3. The van der Waals surface area contributed by atoms with E-state index in [4.69, 9.17) is 5.26 Å². The van der Waals surface area contributed by atoms with Gasteiger partial charge in [-0.2, -0.15) is 5.26 Å². The summed E-state index contributed by atoms with van der Waals surface area (Å²) in [5.74, 6) is -1.78. The topological polar surface area (TPSA) is 90.3 Å². The maximum absolute atomic E-state index is 12.0. The van der Waals surface area contributed by atoms with Gasteiger partial charge in [0.15, 0.2) is 0 Å². The minimum Gasteiger partial charge on any atom is -0.341 e. The number of aryl methyl sites for hydroxylation is 2. The number of fused-ring (bicyclic) bond motifs is 1. The molecule has 1 aliphatic heterocycles. The summed E-state index contributed by atoms with van der Waals surface area (Å²) in [7, 11) is 0. The van der Waals surface area contributed by atoms with Gasteiger partial charge in [0.05, 0.1) is 17.3 Å². The van der Waals surface area contributed by atoms with Crippen LogP contribution in [0.15, 0.2) is 12.1 Å². The molecule has 0 spiro atoms. The third kappa shape index (κ3) is 2.26. The highest BCUT2D eigenvalue weighted by molar-refractivity contribution is 6.52. The van der Waals surface area contributed by atoms with Crippen molar-refractivity contribution in [2.75, 3.05) is 18.0 Å². The van der Waals surface area contributed by atoms with Crippen molar-refractivity contribution in [1.82, 2.24) is 5.32 Å². The molecule has 0 unspecified atom stereocenters. The fraction of sp³-hybridized carbons (Fsp3) is 0.286. The third-order valence-corrected chi connectivity index (χ3v) is 3.07. The van der Waals surface area contributed by atoms with Crippen LogP contribution in [0.5, 0.6) is 0 Å². The summed E-state index contributed by atoms with van der Waals surface area (Å²) in [6, 6.07) is 5.28. The first kappa shape index (κ1) is 13.7. The van der Waals surface area contributed by atoms with E-state index < -0.39 is 17.6 Å². The van der Waals surface area contributed by atoms with E-state index >= 15 is 0 Å². The van der Waals surface area contributed by atoms with E-state index in [0.29, 0.717) is 11.3 Å². The van der Waals surface area contributed by atoms with Gasteiger partial charge in [0.1, 0.15) is 13.1 Å². The summed E-state index contributed by atoms with van der Waals surface area (Å²) in [6.45, 7) is 3.24. The highest BCUT2D eigenvalue weighted by Crippen LogP contribution is 2.33. The Morgan fingerprint density at radius 1 is 1.35 bits per heavy atom. The van der Waals surface area contributed by atoms with Crippen LogP contribution < -0.4 is 10.2 Å². The molecule has 0 fully saturated rings. The number of Topliss-reactive ketones (excluding diaryl/α,β-unsaturated/α-hetero) is 1. The Kier molecular flexibility index (Phi) is 3.53. The number of benzene rings is 1. The maximum Gasteiger partial charge on any atom is 0.299 e. The van der Waals surface area contributed by atoms with Crippen LogP contribution in [0, 0.1) is 25.2 Å². The van der Waals surface area contributed by atoms with E-state index in [1.165, 1.54) is 4.90 Å². The number of carbonyl (C=O) groups is 3. The minimum absolute atomic E-state index is 0.130. The minimum atomic E-state index is -0.708. The van der Waals surface area contributed by atoms with Gasteiger partial charge in [-0.15, -0.1) is 0 Å². The summed E-state index contributed by atoms with van der Waals surface area (Å²) in [5, 5.41) is 10.8. The Labute approximate surface area is 116 Å². The van der Waals surface area contributed by atoms with Crippen molar-refractivity contribution in [3.63, 3.8) is 0 Å². The van der Waals surface area contributed by atoms with E-state index in [0.717, 1.165) is 11.1 Å². The van der Waals surface area contributed by atoms with Crippen molar-refractivity contribution in [2.45, 2.75) is 13.8 Å². The first-order valence-corrected chi connectivity index (χ1v) is 6.06. The quantitative estimate of drug-likeness (QED) is 0.639. The van der Waals surface area contributed by atoms with Crippen LogP contribution in [-0.4, -0.2) is 30.7 Å². The Hall–Kier alpha value is -2.68. The van der Waals surface area contributed by atoms with Gasteiger partial charge in [0.25, 0.3) is 11.7 Å². The van der Waals surface area contributed by atoms with E-state index in [9.17, 15) is 14.4 Å². The number of hydrogen-bond donors (Lipinski definition) is 1. The number of hydrogen-bond acceptors (Lipinski definition) is 4. The highest BCUT2D eigenvalue weighted by Gasteiger charge is 2.37. The number of nitrogens with one attached hydrogen (secondary N) is 1. The van der Waals surface area contributed by atoms with Gasteiger partial charge in [0.2, 0.25) is 5.91 Å². The molecule has 0 saturated heterocycles. The van der Waals surface area contributed by atoms with Crippen molar-refractivity contribution in [3.05, 3.63) is 28.8 Å². The third-order valence-electron chi connectivity index (χ3n) is 3.07. The fourth-order valence-corrected chi connectivity index (χ4v) is 2.32. The highest BCUT2D eigenvalue weighted by atomic mass is 16.2. The second-order valence-corrected chi connectivity index (χ2v) is 4.63. The van der Waals surface area contributed by atoms with Gasteiger partial charge >= 0.3 is 0 Å². The molecule has 2 amide bonds. The molecule has 0 atom stereocenters. The zero-order chi connectivity index (χ0) is 14.9. The van der Waals surface area contributed by atoms with Gasteiger partial charge in [-0.1, -0.05) is 6.07 Å². The van der Waals surface area contributed by atoms with Gasteiger partial charge in [-0.3, -0.25) is 19.3 Å². The molecule has 6 heteroatoms. The molecule has 1 aliphatic rings. The predicted molar refractivity (Wildman–Crippen MR) is 71.2 cm³/mol. The summed E-state index contributed by atoms with van der Waals surface area (Å²) < 4.78 is 0. The van der Waals surface area contributed by atoms with Crippen LogP contribution >= 0.6 is 0 Å². The normalized spacial score (nSPS) is 13.2. The average molecular weight is 271 g/mol. The fourth-order valence-electron chi connectivity index (χ4n) is 2.32. The summed E-state index contributed by atoms with van der Waals surface area (Å²) in [4.78, 5) is 36.7. The Balaban J connectivity index is 2.34. The van der Waals surface area contributed by atoms with Crippen LogP contribution in [0.2, 0.25) is 0 Å². The zero-order valence-corrected chi connectivity index (χ0v) is 11.2. The van der Waals surface area contributed by atoms with E-state index in [-0.39, 0.29) is 13.1 Å². The number of amides is 2. The second-order valence-electron chi connectivity index (χ2n) is 4.63. The molecule has 0 saturated carbocycles. The molecular formula is C14H13N3O3. The lowest BCUT2D eigenvalue weighted by Gasteiger charge is -2.17. The molecule has 1 N–H and O–H groups in total. The molecule has 1 aromatic rings. The molecule has 102 valence electrons. The van der Waals surface area contributed by atoms with E-state index in [2.05, 4.69) is 5.32 Å². The molecule has 20 heavy (non-hydrogen) atoms. The van der Waals surface area contributed by atoms with Crippen molar-refractivity contribution in [1.29, 1.82) is 5.26 Å². The second kappa shape index (κ2) is 5.13. The lowest BCUT2D eigenvalue weighted by molar-refractivity contribution is -0.121. The van der Waals surface area contributed by atoms with Gasteiger partial charge in [0, 0.05) is 0 Å². The molecule has 0 bridgehead atoms. The number of anilines is 1. The number of nitrogens with zero attached hydrogens (tertiary/aromatic N) is 2. The van der Waals surface area contributed by atoms with Crippen LogP contribution in [0.1, 0.15) is 21.5 Å². The molecule has 6 nitrogen and oxygen atoms in total. The van der Waals surface area contributed by atoms with Crippen LogP contribution in [0.3, 0.4) is 0 Å². The SMILES string of the molecule is Cc1cc(C)c2c(c1)C(=O)C(=O)N2CC(=O)NCC#N. The molecular weight excluding hydrogens is 258 g/mol.